The number of anilines is 1. The first-order valence-corrected chi connectivity index (χ1v) is 7.84. The predicted octanol–water partition coefficient (Wildman–Crippen LogP) is 2.69. The van der Waals surface area contributed by atoms with Crippen LogP contribution >= 0.6 is 0 Å². The lowest BCUT2D eigenvalue weighted by molar-refractivity contribution is 0.101. The highest BCUT2D eigenvalue weighted by molar-refractivity contribution is 6.03. The first-order valence-electron chi connectivity index (χ1n) is 7.84. The number of nitrogens with zero attached hydrogens (tertiary/aromatic N) is 2. The zero-order chi connectivity index (χ0) is 18.5. The van der Waals surface area contributed by atoms with Gasteiger partial charge in [-0.1, -0.05) is 24.3 Å². The molecule has 1 N–H and O–H groups in total. The first-order chi connectivity index (χ1) is 12.6. The van der Waals surface area contributed by atoms with Crippen LogP contribution in [-0.2, 0) is 6.54 Å². The van der Waals surface area contributed by atoms with Gasteiger partial charge in [-0.05, 0) is 35.9 Å². The molecule has 1 heterocycles. The fraction of sp³-hybridized carbons (Fsp3) is 0.105. The van der Waals surface area contributed by atoms with Crippen molar-refractivity contribution in [1.29, 1.82) is 0 Å². The number of hydrogen-bond donors (Lipinski definition) is 1. The Balaban J connectivity index is 1.84. The molecule has 3 aromatic rings. The number of methoxy groups -OCH3 is 1. The van der Waals surface area contributed by atoms with Crippen LogP contribution in [0.15, 0.2) is 65.5 Å². The molecule has 7 heteroatoms. The smallest absolute Gasteiger partial charge is 0.276 e. The average Bonchev–Trinajstić information content (AvgIpc) is 2.64. The molecule has 0 saturated carbocycles. The Morgan fingerprint density at radius 2 is 1.96 bits per heavy atom. The fourth-order valence-electron chi connectivity index (χ4n) is 2.43. The SMILES string of the molecule is COc1ccccc1NC(=O)c1ccc(=O)n(Cc2cccc(F)c2)n1. The number of ether oxygens (including phenoxy) is 1. The van der Waals surface area contributed by atoms with Gasteiger partial charge in [0.2, 0.25) is 0 Å². The molecule has 1 amide bonds. The van der Waals surface area contributed by atoms with E-state index in [1.165, 1.54) is 31.4 Å². The first kappa shape index (κ1) is 17.3. The average molecular weight is 353 g/mol. The molecule has 0 aliphatic carbocycles. The summed E-state index contributed by atoms with van der Waals surface area (Å²) in [6, 6.07) is 15.4. The summed E-state index contributed by atoms with van der Waals surface area (Å²) < 4.78 is 19.6. The Hall–Kier alpha value is -3.48. The van der Waals surface area contributed by atoms with Crippen LogP contribution < -0.4 is 15.6 Å². The molecule has 0 spiro atoms. The maximum Gasteiger partial charge on any atom is 0.276 e. The molecule has 1 aromatic heterocycles. The number of carbonyl (C=O) groups is 1. The van der Waals surface area contributed by atoms with Gasteiger partial charge in [-0.15, -0.1) is 0 Å². The fourth-order valence-corrected chi connectivity index (χ4v) is 2.43. The molecule has 132 valence electrons. The van der Waals surface area contributed by atoms with Crippen molar-refractivity contribution in [2.45, 2.75) is 6.54 Å². The highest BCUT2D eigenvalue weighted by Gasteiger charge is 2.12. The summed E-state index contributed by atoms with van der Waals surface area (Å²) in [4.78, 5) is 24.4. The van der Waals surface area contributed by atoms with Crippen LogP contribution in [0.2, 0.25) is 0 Å². The van der Waals surface area contributed by atoms with E-state index in [9.17, 15) is 14.0 Å². The van der Waals surface area contributed by atoms with Crippen LogP contribution in [0.1, 0.15) is 16.1 Å². The highest BCUT2D eigenvalue weighted by Crippen LogP contribution is 2.23. The number of para-hydroxylation sites is 2. The summed E-state index contributed by atoms with van der Waals surface area (Å²) in [7, 11) is 1.50. The summed E-state index contributed by atoms with van der Waals surface area (Å²) in [6.07, 6.45) is 0. The number of benzene rings is 2. The van der Waals surface area contributed by atoms with Crippen LogP contribution in [0.3, 0.4) is 0 Å². The molecule has 3 rings (SSSR count). The molecular formula is C19H16FN3O3. The lowest BCUT2D eigenvalue weighted by Gasteiger charge is -2.10. The Bertz CT molecular complexity index is 1000. The molecule has 0 radical (unpaired) electrons. The van der Waals surface area contributed by atoms with E-state index in [1.807, 2.05) is 0 Å². The molecule has 0 aliphatic heterocycles. The Kier molecular flexibility index (Phi) is 5.07. The lowest BCUT2D eigenvalue weighted by Crippen LogP contribution is -2.26. The van der Waals surface area contributed by atoms with Crippen LogP contribution in [0, 0.1) is 5.82 Å². The normalized spacial score (nSPS) is 10.4. The summed E-state index contributed by atoms with van der Waals surface area (Å²) >= 11 is 0. The maximum absolute atomic E-state index is 13.3. The van der Waals surface area contributed by atoms with Crippen molar-refractivity contribution in [3.05, 3.63) is 88.1 Å². The Labute approximate surface area is 148 Å². The number of carbonyl (C=O) groups excluding carboxylic acids is 1. The minimum absolute atomic E-state index is 0.0619. The number of amides is 1. The third-order valence-corrected chi connectivity index (χ3v) is 3.68. The molecule has 0 aliphatic rings. The van der Waals surface area contributed by atoms with Gasteiger partial charge >= 0.3 is 0 Å². The maximum atomic E-state index is 13.3. The van der Waals surface area contributed by atoms with Gasteiger partial charge in [0.25, 0.3) is 11.5 Å². The molecule has 0 unspecified atom stereocenters. The topological polar surface area (TPSA) is 73.2 Å². The van der Waals surface area contributed by atoms with Crippen molar-refractivity contribution in [2.24, 2.45) is 0 Å². The van der Waals surface area contributed by atoms with E-state index in [0.29, 0.717) is 17.0 Å². The van der Waals surface area contributed by atoms with Crippen molar-refractivity contribution >= 4 is 11.6 Å². The zero-order valence-corrected chi connectivity index (χ0v) is 14.0. The third kappa shape index (κ3) is 3.94. The van der Waals surface area contributed by atoms with Gasteiger partial charge < -0.3 is 10.1 Å². The van der Waals surface area contributed by atoms with Crippen molar-refractivity contribution < 1.29 is 13.9 Å². The molecule has 0 saturated heterocycles. The number of nitrogens with one attached hydrogen (secondary N) is 1. The van der Waals surface area contributed by atoms with Gasteiger partial charge in [-0.25, -0.2) is 9.07 Å². The van der Waals surface area contributed by atoms with Crippen LogP contribution in [0.4, 0.5) is 10.1 Å². The third-order valence-electron chi connectivity index (χ3n) is 3.68. The molecule has 26 heavy (non-hydrogen) atoms. The van der Waals surface area contributed by atoms with E-state index in [4.69, 9.17) is 4.74 Å². The number of halogens is 1. The second-order valence-electron chi connectivity index (χ2n) is 5.50. The number of rotatable bonds is 5. The minimum atomic E-state index is -0.484. The van der Waals surface area contributed by atoms with Crippen molar-refractivity contribution in [1.82, 2.24) is 9.78 Å². The van der Waals surface area contributed by atoms with Gasteiger partial charge in [0.1, 0.15) is 17.3 Å². The van der Waals surface area contributed by atoms with Crippen LogP contribution in [-0.4, -0.2) is 22.8 Å². The van der Waals surface area contributed by atoms with E-state index in [0.717, 1.165) is 4.68 Å². The van der Waals surface area contributed by atoms with Crippen molar-refractivity contribution in [3.63, 3.8) is 0 Å². The van der Waals surface area contributed by atoms with Crippen LogP contribution in [0.5, 0.6) is 5.75 Å². The van der Waals surface area contributed by atoms with Gasteiger partial charge in [-0.2, -0.15) is 5.10 Å². The summed E-state index contributed by atoms with van der Waals surface area (Å²) in [6.45, 7) is 0.0619. The van der Waals surface area contributed by atoms with Gasteiger partial charge in [0.15, 0.2) is 0 Å². The van der Waals surface area contributed by atoms with E-state index in [-0.39, 0.29) is 17.8 Å². The Morgan fingerprint density at radius 3 is 2.73 bits per heavy atom. The lowest BCUT2D eigenvalue weighted by atomic mass is 10.2. The van der Waals surface area contributed by atoms with E-state index in [2.05, 4.69) is 10.4 Å². The van der Waals surface area contributed by atoms with Crippen molar-refractivity contribution in [3.8, 4) is 5.75 Å². The largest absolute Gasteiger partial charge is 0.495 e. The molecule has 0 bridgehead atoms. The van der Waals surface area contributed by atoms with E-state index < -0.39 is 11.7 Å². The monoisotopic (exact) mass is 353 g/mol. The van der Waals surface area contributed by atoms with Crippen molar-refractivity contribution in [2.75, 3.05) is 12.4 Å². The highest BCUT2D eigenvalue weighted by atomic mass is 19.1. The Morgan fingerprint density at radius 1 is 1.15 bits per heavy atom. The quantitative estimate of drug-likeness (QED) is 0.765. The van der Waals surface area contributed by atoms with E-state index >= 15 is 0 Å². The van der Waals surface area contributed by atoms with Gasteiger partial charge in [0, 0.05) is 6.07 Å². The van der Waals surface area contributed by atoms with Gasteiger partial charge in [-0.3, -0.25) is 9.59 Å². The second-order valence-corrected chi connectivity index (χ2v) is 5.50. The standard InChI is InChI=1S/C19H16FN3O3/c1-26-17-8-3-2-7-15(17)21-19(25)16-9-10-18(24)23(22-16)12-13-5-4-6-14(20)11-13/h2-11H,12H2,1H3,(H,21,25). The molecule has 0 fully saturated rings. The minimum Gasteiger partial charge on any atom is -0.495 e. The second kappa shape index (κ2) is 7.60. The number of aromatic nitrogens is 2. The number of hydrogen-bond acceptors (Lipinski definition) is 4. The molecule has 2 aromatic carbocycles. The molecule has 6 nitrogen and oxygen atoms in total. The molecular weight excluding hydrogens is 337 g/mol. The summed E-state index contributed by atoms with van der Waals surface area (Å²) in [5, 5.41) is 6.77. The molecule has 0 atom stereocenters. The van der Waals surface area contributed by atoms with Crippen LogP contribution in [0.25, 0.3) is 0 Å². The summed E-state index contributed by atoms with van der Waals surface area (Å²) in [5.41, 5.74) is 0.738. The predicted molar refractivity (Wildman–Crippen MR) is 94.9 cm³/mol. The van der Waals surface area contributed by atoms with Gasteiger partial charge in [0.05, 0.1) is 19.3 Å². The summed E-state index contributed by atoms with van der Waals surface area (Å²) in [5.74, 6) is -0.378. The zero-order valence-electron chi connectivity index (χ0n) is 14.0. The van der Waals surface area contributed by atoms with E-state index in [1.54, 1.807) is 36.4 Å².